The Morgan fingerprint density at radius 3 is 0.277 bits per heavy atom. The van der Waals surface area contributed by atoms with E-state index in [1.807, 2.05) is 0 Å². The molecule has 0 aromatic carbocycles. The van der Waals surface area contributed by atoms with E-state index in [9.17, 15) is 79.0 Å². The van der Waals surface area contributed by atoms with Crippen molar-refractivity contribution in [3.8, 4) is 0 Å². The van der Waals surface area contributed by atoms with E-state index in [1.54, 1.807) is 0 Å². The first-order chi connectivity index (χ1) is 17.7. The molecule has 0 atom stereocenters. The van der Waals surface area contributed by atoms with Gasteiger partial charge in [-0.3, -0.25) is 0 Å². The molecule has 0 radical (unpaired) electrons. The van der Waals surface area contributed by atoms with Crippen molar-refractivity contribution in [1.29, 1.82) is 0 Å². The number of carboxylic acid groups (broad SMARTS) is 6. The number of carboxylic acids is 6. The molecule has 0 aliphatic heterocycles. The Morgan fingerprint density at radius 1 is 0.255 bits per heavy atom. The van der Waals surface area contributed by atoms with Crippen molar-refractivity contribution in [1.82, 2.24) is 0 Å². The van der Waals surface area contributed by atoms with E-state index in [0.29, 0.717) is 0 Å². The molecule has 35 heteroatoms. The number of hydrogen-bond acceptors (Lipinski definition) is 6. The fourth-order valence-corrected chi connectivity index (χ4v) is 0. The number of hydrogen-bond donors (Lipinski definition) is 6. The standard InChI is InChI=1S/6C2HF3O2.H2O.4Zn/c6*3-2(4,5)1(6)7;;;;;/h6*(H,6,7);1H2;;;;. The van der Waals surface area contributed by atoms with Gasteiger partial charge in [0, 0.05) is 77.9 Å². The molecule has 0 bridgehead atoms. The predicted octanol–water partition coefficient (Wildman–Crippen LogP) is 2.97. The topological polar surface area (TPSA) is 255 Å². The van der Waals surface area contributed by atoms with Gasteiger partial charge in [0.1, 0.15) is 0 Å². The zero-order valence-corrected chi connectivity index (χ0v) is 33.1. The van der Waals surface area contributed by atoms with Crippen molar-refractivity contribution in [3.05, 3.63) is 0 Å². The zero-order valence-electron chi connectivity index (χ0n) is 21.3. The molecule has 0 saturated heterocycles. The van der Waals surface area contributed by atoms with E-state index in [4.69, 9.17) is 59.4 Å². The van der Waals surface area contributed by atoms with Crippen LogP contribution >= 0.6 is 0 Å². The molecule has 268 valence electrons. The molecule has 13 nitrogen and oxygen atoms in total. The summed E-state index contributed by atoms with van der Waals surface area (Å²) < 4.78 is 190. The van der Waals surface area contributed by atoms with Gasteiger partial charge in [0.15, 0.2) is 0 Å². The van der Waals surface area contributed by atoms with Crippen LogP contribution in [0.5, 0.6) is 0 Å². The van der Waals surface area contributed by atoms with Gasteiger partial charge in [0.2, 0.25) is 0 Å². The largest absolute Gasteiger partial charge is 0.490 e. The van der Waals surface area contributed by atoms with E-state index < -0.39 is 72.9 Å². The maximum atomic E-state index is 10.6. The predicted molar refractivity (Wildman–Crippen MR) is 85.8 cm³/mol. The summed E-state index contributed by atoms with van der Waals surface area (Å²) in [4.78, 5) is 53.4. The maximum absolute atomic E-state index is 10.6. The molecular formula is C12H8F18O13Zn4. The van der Waals surface area contributed by atoms with E-state index in [0.717, 1.165) is 0 Å². The Kier molecular flexibility index (Phi) is 48.3. The SMILES string of the molecule is O.O=C(O)C(F)(F)F.O=C(O)C(F)(F)F.O=C(O)C(F)(F)F.O=C(O)C(F)(F)F.O=C(O)C(F)(F)F.O=C(O)C(F)(F)F.[Zn].[Zn].[Zn].[Zn]. The molecule has 0 aliphatic carbocycles. The van der Waals surface area contributed by atoms with Gasteiger partial charge in [-0.15, -0.1) is 0 Å². The van der Waals surface area contributed by atoms with Crippen molar-refractivity contribution < 1.29 is 222 Å². The molecule has 0 saturated carbocycles. The maximum Gasteiger partial charge on any atom is 0.490 e. The summed E-state index contributed by atoms with van der Waals surface area (Å²) in [5.41, 5.74) is 0. The molecule has 0 unspecified atom stereocenters. The normalized spacial score (nSPS) is 10.1. The Bertz CT molecular complexity index is 708. The van der Waals surface area contributed by atoms with Gasteiger partial charge in [0.05, 0.1) is 0 Å². The summed E-state index contributed by atoms with van der Waals surface area (Å²) in [6, 6.07) is 0. The second kappa shape index (κ2) is 30.1. The number of alkyl halides is 18. The zero-order chi connectivity index (χ0) is 36.5. The molecular weight excluding hydrogens is 956 g/mol. The third-order valence-electron chi connectivity index (χ3n) is 1.46. The van der Waals surface area contributed by atoms with Crippen LogP contribution in [0.15, 0.2) is 0 Å². The van der Waals surface area contributed by atoms with E-state index in [1.165, 1.54) is 0 Å². The fraction of sp³-hybridized carbons (Fsp3) is 0.500. The molecule has 0 aromatic rings. The summed E-state index contributed by atoms with van der Waals surface area (Å²) in [5, 5.41) is 42.8. The van der Waals surface area contributed by atoms with Gasteiger partial charge < -0.3 is 36.1 Å². The van der Waals surface area contributed by atoms with Crippen LogP contribution in [-0.2, 0) is 107 Å². The van der Waals surface area contributed by atoms with Gasteiger partial charge in [0.25, 0.3) is 0 Å². The molecule has 8 N–H and O–H groups in total. The number of carbonyl (C=O) groups is 6. The summed E-state index contributed by atoms with van der Waals surface area (Å²) in [6.45, 7) is 0. The van der Waals surface area contributed by atoms with Crippen molar-refractivity contribution in [2.75, 3.05) is 0 Å². The fourth-order valence-electron chi connectivity index (χ4n) is 0. The van der Waals surface area contributed by atoms with Crippen LogP contribution in [0.4, 0.5) is 79.0 Å². The van der Waals surface area contributed by atoms with Gasteiger partial charge in [-0.25, -0.2) is 28.8 Å². The van der Waals surface area contributed by atoms with Crippen LogP contribution in [0.25, 0.3) is 0 Å². The van der Waals surface area contributed by atoms with E-state index in [-0.39, 0.29) is 83.4 Å². The van der Waals surface area contributed by atoms with Gasteiger partial charge in [-0.05, 0) is 0 Å². The Morgan fingerprint density at radius 2 is 0.277 bits per heavy atom. The van der Waals surface area contributed by atoms with Crippen molar-refractivity contribution in [3.63, 3.8) is 0 Å². The first-order valence-electron chi connectivity index (χ1n) is 7.47. The van der Waals surface area contributed by atoms with Crippen LogP contribution in [0.3, 0.4) is 0 Å². The molecule has 0 spiro atoms. The Labute approximate surface area is 294 Å². The smallest absolute Gasteiger partial charge is 0.475 e. The van der Waals surface area contributed by atoms with Crippen molar-refractivity contribution in [2.45, 2.75) is 37.1 Å². The number of aliphatic carboxylic acids is 6. The number of rotatable bonds is 0. The summed E-state index contributed by atoms with van der Waals surface area (Å²) in [6.07, 6.45) is -30.5. The quantitative estimate of drug-likeness (QED) is 0.151. The minimum absolute atomic E-state index is 0. The third-order valence-corrected chi connectivity index (χ3v) is 1.46. The monoisotopic (exact) mass is 958 g/mol. The minimum Gasteiger partial charge on any atom is -0.475 e. The summed E-state index contributed by atoms with van der Waals surface area (Å²) >= 11 is 0. The van der Waals surface area contributed by atoms with Gasteiger partial charge in [-0.1, -0.05) is 0 Å². The van der Waals surface area contributed by atoms with Gasteiger partial charge in [-0.2, -0.15) is 79.0 Å². The first kappa shape index (κ1) is 75.4. The van der Waals surface area contributed by atoms with Gasteiger partial charge >= 0.3 is 72.9 Å². The molecule has 0 fully saturated rings. The summed E-state index contributed by atoms with van der Waals surface area (Å²) in [7, 11) is 0. The van der Waals surface area contributed by atoms with Crippen molar-refractivity contribution in [2.24, 2.45) is 0 Å². The first-order valence-corrected chi connectivity index (χ1v) is 7.47. The Balaban J connectivity index is -0.0000000360. The number of halogens is 18. The Hall–Kier alpha value is -1.99. The molecule has 47 heavy (non-hydrogen) atoms. The average Bonchev–Trinajstić information content (AvgIpc) is 2.65. The molecule has 0 aliphatic rings. The van der Waals surface area contributed by atoms with Crippen LogP contribution in [0.2, 0.25) is 0 Å². The molecule has 0 rings (SSSR count). The molecule has 0 aromatic heterocycles. The van der Waals surface area contributed by atoms with Crippen LogP contribution < -0.4 is 0 Å². The minimum atomic E-state index is -5.08. The third kappa shape index (κ3) is 67.2. The second-order valence-electron chi connectivity index (χ2n) is 4.82. The average molecular weight is 964 g/mol. The summed E-state index contributed by atoms with van der Waals surface area (Å²) in [5.74, 6) is -16.5. The molecule has 0 heterocycles. The molecule has 0 amide bonds. The second-order valence-corrected chi connectivity index (χ2v) is 4.82. The van der Waals surface area contributed by atoms with Crippen LogP contribution in [-0.4, -0.2) is 109 Å². The van der Waals surface area contributed by atoms with E-state index >= 15 is 0 Å². The van der Waals surface area contributed by atoms with Crippen molar-refractivity contribution >= 4 is 35.8 Å². The van der Waals surface area contributed by atoms with Crippen LogP contribution in [0.1, 0.15) is 0 Å². The van der Waals surface area contributed by atoms with Crippen LogP contribution in [0, 0.1) is 0 Å². The van der Waals surface area contributed by atoms with E-state index in [2.05, 4.69) is 0 Å².